The van der Waals surface area contributed by atoms with Gasteiger partial charge in [0.1, 0.15) is 12.2 Å². The van der Waals surface area contributed by atoms with Crippen LogP contribution >= 0.6 is 0 Å². The maximum atomic E-state index is 11.8. The van der Waals surface area contributed by atoms with Crippen molar-refractivity contribution in [1.82, 2.24) is 4.57 Å². The summed E-state index contributed by atoms with van der Waals surface area (Å²) in [5, 5.41) is 8.82. The smallest absolute Gasteiger partial charge is 0.411 e. The zero-order valence-corrected chi connectivity index (χ0v) is 10.7. The van der Waals surface area contributed by atoms with Crippen LogP contribution < -0.4 is 5.56 Å². The van der Waals surface area contributed by atoms with Crippen molar-refractivity contribution in [2.75, 3.05) is 13.2 Å². The second-order valence-electron chi connectivity index (χ2n) is 4.17. The molecule has 1 aromatic heterocycles. The summed E-state index contributed by atoms with van der Waals surface area (Å²) < 4.78 is 41.1. The third kappa shape index (κ3) is 4.69. The average molecular weight is 293 g/mol. The van der Waals surface area contributed by atoms with E-state index in [1.807, 2.05) is 0 Å². The molecule has 0 unspecified atom stereocenters. The zero-order valence-electron chi connectivity index (χ0n) is 10.7. The van der Waals surface area contributed by atoms with Crippen LogP contribution in [0.1, 0.15) is 22.5 Å². The molecule has 0 aromatic carbocycles. The van der Waals surface area contributed by atoms with Crippen LogP contribution in [0.3, 0.4) is 0 Å². The Morgan fingerprint density at radius 3 is 2.60 bits per heavy atom. The van der Waals surface area contributed by atoms with E-state index in [4.69, 9.17) is 5.11 Å². The lowest BCUT2D eigenvalue weighted by atomic mass is 10.2. The molecule has 0 saturated carbocycles. The Kier molecular flexibility index (Phi) is 5.32. The van der Waals surface area contributed by atoms with Crippen molar-refractivity contribution in [1.29, 1.82) is 0 Å². The highest BCUT2D eigenvalue weighted by Crippen LogP contribution is 2.14. The van der Waals surface area contributed by atoms with Crippen LogP contribution in [0.25, 0.3) is 0 Å². The third-order valence-electron chi connectivity index (χ3n) is 2.56. The topological polar surface area (TPSA) is 68.5 Å². The monoisotopic (exact) mass is 293 g/mol. The largest absolute Gasteiger partial charge is 0.477 e. The highest BCUT2D eigenvalue weighted by Gasteiger charge is 2.27. The van der Waals surface area contributed by atoms with Crippen molar-refractivity contribution < 1.29 is 27.8 Å². The van der Waals surface area contributed by atoms with E-state index in [1.165, 1.54) is 16.7 Å². The van der Waals surface area contributed by atoms with E-state index in [0.717, 1.165) is 0 Å². The summed E-state index contributed by atoms with van der Waals surface area (Å²) >= 11 is 0. The molecule has 0 aliphatic heterocycles. The number of carboxylic acid groups (broad SMARTS) is 1. The Hall–Kier alpha value is -1.83. The van der Waals surface area contributed by atoms with Crippen molar-refractivity contribution in [3.8, 4) is 0 Å². The van der Waals surface area contributed by atoms with Gasteiger partial charge in [-0.2, -0.15) is 13.2 Å². The molecule has 1 heterocycles. The summed E-state index contributed by atoms with van der Waals surface area (Å²) in [7, 11) is 0. The number of pyridine rings is 1. The van der Waals surface area contributed by atoms with Gasteiger partial charge in [-0.15, -0.1) is 0 Å². The predicted molar refractivity (Wildman–Crippen MR) is 63.9 cm³/mol. The van der Waals surface area contributed by atoms with E-state index in [9.17, 15) is 22.8 Å². The molecule has 5 nitrogen and oxygen atoms in total. The number of hydrogen-bond donors (Lipinski definition) is 1. The van der Waals surface area contributed by atoms with Crippen LogP contribution in [0, 0.1) is 6.92 Å². The minimum Gasteiger partial charge on any atom is -0.477 e. The molecular weight excluding hydrogens is 279 g/mol. The summed E-state index contributed by atoms with van der Waals surface area (Å²) in [6, 6.07) is 2.68. The van der Waals surface area contributed by atoms with Gasteiger partial charge in [-0.25, -0.2) is 4.79 Å². The van der Waals surface area contributed by atoms with Gasteiger partial charge >= 0.3 is 12.1 Å². The molecule has 0 fully saturated rings. The number of aromatic nitrogens is 1. The van der Waals surface area contributed by atoms with Crippen molar-refractivity contribution in [3.05, 3.63) is 33.7 Å². The van der Waals surface area contributed by atoms with E-state index in [-0.39, 0.29) is 25.1 Å². The van der Waals surface area contributed by atoms with Gasteiger partial charge in [0.05, 0.1) is 0 Å². The molecule has 1 rings (SSSR count). The number of halogens is 3. The number of carbonyl (C=O) groups is 1. The normalized spacial score (nSPS) is 11.6. The quantitative estimate of drug-likeness (QED) is 0.812. The average Bonchev–Trinajstić information content (AvgIpc) is 2.30. The van der Waals surface area contributed by atoms with Crippen molar-refractivity contribution >= 4 is 5.97 Å². The number of aryl methyl sites for hydroxylation is 1. The molecule has 0 aliphatic rings. The molecule has 8 heteroatoms. The molecular formula is C12H14F3NO4. The van der Waals surface area contributed by atoms with Crippen molar-refractivity contribution in [2.24, 2.45) is 0 Å². The minimum atomic E-state index is -4.38. The molecule has 1 N–H and O–H groups in total. The number of rotatable bonds is 6. The van der Waals surface area contributed by atoms with Crippen molar-refractivity contribution in [2.45, 2.75) is 26.1 Å². The molecule has 20 heavy (non-hydrogen) atoms. The van der Waals surface area contributed by atoms with E-state index in [0.29, 0.717) is 5.69 Å². The number of hydrogen-bond acceptors (Lipinski definition) is 3. The maximum absolute atomic E-state index is 11.8. The van der Waals surface area contributed by atoms with Gasteiger partial charge in [-0.05, 0) is 25.5 Å². The molecule has 1 aromatic rings. The van der Waals surface area contributed by atoms with Crippen LogP contribution in [-0.4, -0.2) is 35.0 Å². The number of alkyl halides is 3. The molecule has 0 saturated heterocycles. The van der Waals surface area contributed by atoms with Crippen molar-refractivity contribution in [3.63, 3.8) is 0 Å². The predicted octanol–water partition coefficient (Wildman–Crippen LogP) is 1.82. The third-order valence-corrected chi connectivity index (χ3v) is 2.56. The first-order chi connectivity index (χ1) is 9.22. The fourth-order valence-electron chi connectivity index (χ4n) is 1.62. The Morgan fingerprint density at radius 2 is 2.05 bits per heavy atom. The van der Waals surface area contributed by atoms with Crippen LogP contribution in [-0.2, 0) is 11.3 Å². The maximum Gasteiger partial charge on any atom is 0.411 e. The van der Waals surface area contributed by atoms with Crippen LogP contribution in [0.4, 0.5) is 13.2 Å². The highest BCUT2D eigenvalue weighted by atomic mass is 19.4. The lowest BCUT2D eigenvalue weighted by Gasteiger charge is -2.11. The van der Waals surface area contributed by atoms with Crippen LogP contribution in [0.5, 0.6) is 0 Å². The molecule has 0 amide bonds. The highest BCUT2D eigenvalue weighted by molar-refractivity contribution is 5.87. The molecule has 0 atom stereocenters. The Bertz CT molecular complexity index is 536. The summed E-state index contributed by atoms with van der Waals surface area (Å²) in [6.45, 7) is 0.214. The standard InChI is InChI=1S/C12H14F3NO4/c1-8-3-4-9(11(18)19)10(17)16(8)5-2-6-20-7-12(13,14)15/h3-4H,2,5-7H2,1H3,(H,18,19). The fraction of sp³-hybridized carbons (Fsp3) is 0.500. The Balaban J connectivity index is 2.62. The second kappa shape index (κ2) is 6.56. The number of aromatic carboxylic acids is 1. The van der Waals surface area contributed by atoms with Gasteiger partial charge in [-0.3, -0.25) is 4.79 Å². The lowest BCUT2D eigenvalue weighted by molar-refractivity contribution is -0.174. The van der Waals surface area contributed by atoms with Gasteiger partial charge in [0.25, 0.3) is 5.56 Å². The molecule has 0 bridgehead atoms. The Morgan fingerprint density at radius 1 is 1.40 bits per heavy atom. The zero-order chi connectivity index (χ0) is 15.3. The van der Waals surface area contributed by atoms with E-state index in [1.54, 1.807) is 6.92 Å². The minimum absolute atomic E-state index is 0.101. The van der Waals surface area contributed by atoms with Crippen LogP contribution in [0.2, 0.25) is 0 Å². The van der Waals surface area contributed by atoms with Crippen LogP contribution in [0.15, 0.2) is 16.9 Å². The number of nitrogens with zero attached hydrogens (tertiary/aromatic N) is 1. The SMILES string of the molecule is Cc1ccc(C(=O)O)c(=O)n1CCCOCC(F)(F)F. The summed E-state index contributed by atoms with van der Waals surface area (Å²) in [4.78, 5) is 22.6. The van der Waals surface area contributed by atoms with Gasteiger partial charge in [0, 0.05) is 18.8 Å². The Labute approximate surface area is 112 Å². The fourth-order valence-corrected chi connectivity index (χ4v) is 1.62. The summed E-state index contributed by atoms with van der Waals surface area (Å²) in [5.41, 5.74) is -0.504. The van der Waals surface area contributed by atoms with Gasteiger partial charge < -0.3 is 14.4 Å². The molecule has 0 aliphatic carbocycles. The number of carboxylic acids is 1. The molecule has 112 valence electrons. The summed E-state index contributed by atoms with van der Waals surface area (Å²) in [5.74, 6) is -1.34. The lowest BCUT2D eigenvalue weighted by Crippen LogP contribution is -2.28. The molecule has 0 radical (unpaired) electrons. The first-order valence-electron chi connectivity index (χ1n) is 5.80. The van der Waals surface area contributed by atoms with E-state index >= 15 is 0 Å². The first kappa shape index (κ1) is 16.2. The second-order valence-corrected chi connectivity index (χ2v) is 4.17. The van der Waals surface area contributed by atoms with Gasteiger partial charge in [0.15, 0.2) is 0 Å². The number of ether oxygens (including phenoxy) is 1. The molecule has 0 spiro atoms. The van der Waals surface area contributed by atoms with E-state index in [2.05, 4.69) is 4.74 Å². The first-order valence-corrected chi connectivity index (χ1v) is 5.80. The van der Waals surface area contributed by atoms with Gasteiger partial charge in [0.2, 0.25) is 0 Å². The van der Waals surface area contributed by atoms with Gasteiger partial charge in [-0.1, -0.05) is 0 Å². The summed E-state index contributed by atoms with van der Waals surface area (Å²) in [6.07, 6.45) is -4.20. The van der Waals surface area contributed by atoms with E-state index < -0.39 is 24.3 Å².